The molecule has 0 aromatic rings. The fourth-order valence-corrected chi connectivity index (χ4v) is 0.268. The lowest BCUT2D eigenvalue weighted by Gasteiger charge is -1.96. The maximum atomic E-state index is 10.2. The molecule has 0 bridgehead atoms. The average molecular weight is 118 g/mol. The molecule has 0 radical (unpaired) electrons. The normalized spacial score (nSPS) is 16.1. The van der Waals surface area contributed by atoms with Gasteiger partial charge in [0.25, 0.3) is 0 Å². The van der Waals surface area contributed by atoms with Crippen molar-refractivity contribution in [1.29, 1.82) is 0 Å². The average Bonchev–Trinajstić information content (AvgIpc) is 1.65. The molecule has 0 rings (SSSR count). The van der Waals surface area contributed by atoms with Crippen molar-refractivity contribution < 1.29 is 9.97 Å². The molecule has 1 unspecified atom stereocenters. The van der Waals surface area contributed by atoms with E-state index in [2.05, 4.69) is 5.11 Å². The number of hydrogen-bond acceptors (Lipinski definition) is 3. The molecule has 8 heavy (non-hydrogen) atoms. The van der Waals surface area contributed by atoms with Gasteiger partial charge >= 0.3 is 0 Å². The summed E-state index contributed by atoms with van der Waals surface area (Å²) in [5.74, 6) is 0. The van der Waals surface area contributed by atoms with Crippen LogP contribution >= 0.6 is 0 Å². The Labute approximate surface area is 48.0 Å². The topological polar surface area (TPSA) is 58.7 Å². The van der Waals surface area contributed by atoms with E-state index in [-0.39, 0.29) is 6.54 Å². The summed E-state index contributed by atoms with van der Waals surface area (Å²) in [6.45, 7) is 3.38. The number of aliphatic hydroxyl groups is 1. The van der Waals surface area contributed by atoms with E-state index in [4.69, 9.17) is 5.11 Å². The molecular formula is C4H10N2O2. The highest BCUT2D eigenvalue weighted by atomic mass is 16.5. The van der Waals surface area contributed by atoms with Crippen LogP contribution in [0.25, 0.3) is 0 Å². The Morgan fingerprint density at radius 3 is 2.50 bits per heavy atom. The highest BCUT2D eigenvalue weighted by Gasteiger charge is 1.93. The van der Waals surface area contributed by atoms with E-state index >= 15 is 0 Å². The summed E-state index contributed by atoms with van der Waals surface area (Å²) in [4.78, 5) is 0.449. The lowest BCUT2D eigenvalue weighted by atomic mass is 10.7. The third kappa shape index (κ3) is 3.55. The first-order valence-electron chi connectivity index (χ1n) is 2.50. The number of hydrogen-bond donors (Lipinski definition) is 1. The predicted molar refractivity (Wildman–Crippen MR) is 28.3 cm³/mol. The molecule has 0 aliphatic carbocycles. The van der Waals surface area contributed by atoms with Gasteiger partial charge in [-0.15, -0.1) is 0 Å². The highest BCUT2D eigenvalue weighted by molar-refractivity contribution is 4.25. The zero-order chi connectivity index (χ0) is 6.57. The molecule has 4 heteroatoms. The zero-order valence-corrected chi connectivity index (χ0v) is 5.03. The molecule has 0 spiro atoms. The van der Waals surface area contributed by atoms with Crippen LogP contribution in [0.2, 0.25) is 0 Å². The van der Waals surface area contributed by atoms with Crippen LogP contribution in [0, 0.1) is 5.21 Å². The SMILES string of the molecule is CC[N+]([O-])=NC(C)O. The van der Waals surface area contributed by atoms with Crippen LogP contribution in [0.15, 0.2) is 5.11 Å². The standard InChI is InChI=1S/C4H10N2O2/c1-3-6(8)5-4(2)7/h4,7H,3H2,1-2H3. The fourth-order valence-electron chi connectivity index (χ4n) is 0.268. The first kappa shape index (κ1) is 7.36. The van der Waals surface area contributed by atoms with Crippen LogP contribution in [0.1, 0.15) is 13.8 Å². The smallest absolute Gasteiger partial charge is 0.206 e. The highest BCUT2D eigenvalue weighted by Crippen LogP contribution is 1.82. The Balaban J connectivity index is 3.56. The van der Waals surface area contributed by atoms with E-state index in [0.717, 1.165) is 0 Å². The molecular weight excluding hydrogens is 108 g/mol. The first-order valence-corrected chi connectivity index (χ1v) is 2.50. The summed E-state index contributed by atoms with van der Waals surface area (Å²) in [5, 5.41) is 21.9. The van der Waals surface area contributed by atoms with Gasteiger partial charge < -0.3 is 10.3 Å². The first-order chi connectivity index (χ1) is 3.66. The Morgan fingerprint density at radius 2 is 2.38 bits per heavy atom. The second-order valence-electron chi connectivity index (χ2n) is 1.42. The summed E-state index contributed by atoms with van der Waals surface area (Å²) in [7, 11) is 0. The molecule has 0 saturated heterocycles. The van der Waals surface area contributed by atoms with Gasteiger partial charge in [-0.05, 0) is 19.0 Å². The molecule has 0 fully saturated rings. The minimum Gasteiger partial charge on any atom is -0.600 e. The number of hydroxylamine groups is 1. The molecule has 48 valence electrons. The molecule has 0 aliphatic rings. The van der Waals surface area contributed by atoms with Crippen LogP contribution < -0.4 is 0 Å². The zero-order valence-electron chi connectivity index (χ0n) is 5.03. The molecule has 0 aliphatic heterocycles. The summed E-state index contributed by atoms with van der Waals surface area (Å²) in [6.07, 6.45) is -0.882. The van der Waals surface area contributed by atoms with Crippen molar-refractivity contribution in [3.8, 4) is 0 Å². The molecule has 0 heterocycles. The van der Waals surface area contributed by atoms with Gasteiger partial charge in [0.2, 0.25) is 6.23 Å². The van der Waals surface area contributed by atoms with Gasteiger partial charge in [0.05, 0.1) is 0 Å². The van der Waals surface area contributed by atoms with Crippen molar-refractivity contribution in [2.24, 2.45) is 5.11 Å². The summed E-state index contributed by atoms with van der Waals surface area (Å²) in [5.41, 5.74) is 0. The number of nitrogens with zero attached hydrogens (tertiary/aromatic N) is 2. The molecule has 0 saturated carbocycles. The van der Waals surface area contributed by atoms with Gasteiger partial charge in [0.15, 0.2) is 6.54 Å². The molecule has 0 amide bonds. The van der Waals surface area contributed by atoms with Crippen molar-refractivity contribution in [3.63, 3.8) is 0 Å². The molecule has 0 aromatic carbocycles. The Morgan fingerprint density at radius 1 is 1.88 bits per heavy atom. The number of azo groups is 1. The third-order valence-corrected chi connectivity index (χ3v) is 0.566. The van der Waals surface area contributed by atoms with Crippen molar-refractivity contribution in [3.05, 3.63) is 5.21 Å². The molecule has 0 aromatic heterocycles. The fraction of sp³-hybridized carbons (Fsp3) is 1.00. The van der Waals surface area contributed by atoms with E-state index in [1.165, 1.54) is 6.92 Å². The molecule has 1 N–H and O–H groups in total. The second kappa shape index (κ2) is 3.37. The van der Waals surface area contributed by atoms with E-state index in [0.29, 0.717) is 4.86 Å². The van der Waals surface area contributed by atoms with Gasteiger partial charge in [-0.2, -0.15) is 0 Å². The third-order valence-electron chi connectivity index (χ3n) is 0.566. The predicted octanol–water partition coefficient (Wildman–Crippen LogP) is 0.307. The monoisotopic (exact) mass is 118 g/mol. The molecule has 1 atom stereocenters. The van der Waals surface area contributed by atoms with E-state index < -0.39 is 6.23 Å². The molecule has 4 nitrogen and oxygen atoms in total. The van der Waals surface area contributed by atoms with Gasteiger partial charge in [-0.25, -0.2) is 0 Å². The summed E-state index contributed by atoms with van der Waals surface area (Å²) >= 11 is 0. The number of rotatable bonds is 2. The lowest BCUT2D eigenvalue weighted by molar-refractivity contribution is -0.533. The van der Waals surface area contributed by atoms with Gasteiger partial charge in [0, 0.05) is 0 Å². The van der Waals surface area contributed by atoms with Crippen LogP contribution in [-0.2, 0) is 0 Å². The summed E-state index contributed by atoms with van der Waals surface area (Å²) in [6, 6.07) is 0. The maximum Gasteiger partial charge on any atom is 0.206 e. The van der Waals surface area contributed by atoms with Crippen LogP contribution in [0.4, 0.5) is 0 Å². The van der Waals surface area contributed by atoms with E-state index in [1.807, 2.05) is 0 Å². The van der Waals surface area contributed by atoms with Crippen LogP contribution in [0.3, 0.4) is 0 Å². The lowest BCUT2D eigenvalue weighted by Crippen LogP contribution is -2.04. The van der Waals surface area contributed by atoms with Gasteiger partial charge in [-0.3, -0.25) is 0 Å². The van der Waals surface area contributed by atoms with Crippen LogP contribution in [-0.4, -0.2) is 22.7 Å². The van der Waals surface area contributed by atoms with E-state index in [9.17, 15) is 5.21 Å². The van der Waals surface area contributed by atoms with Crippen molar-refractivity contribution in [2.75, 3.05) is 6.54 Å². The van der Waals surface area contributed by atoms with Gasteiger partial charge in [0.1, 0.15) is 0 Å². The second-order valence-corrected chi connectivity index (χ2v) is 1.42. The Kier molecular flexibility index (Phi) is 3.10. The van der Waals surface area contributed by atoms with Gasteiger partial charge in [-0.1, -0.05) is 4.86 Å². The number of aliphatic hydroxyl groups excluding tert-OH is 1. The maximum absolute atomic E-state index is 10.2. The Bertz CT molecular complexity index is 90.0. The van der Waals surface area contributed by atoms with Crippen molar-refractivity contribution >= 4 is 0 Å². The van der Waals surface area contributed by atoms with Crippen molar-refractivity contribution in [2.45, 2.75) is 20.1 Å². The quantitative estimate of drug-likeness (QED) is 0.322. The van der Waals surface area contributed by atoms with E-state index in [1.54, 1.807) is 6.92 Å². The minimum atomic E-state index is -0.882. The Hall–Kier alpha value is -0.640. The minimum absolute atomic E-state index is 0.283. The summed E-state index contributed by atoms with van der Waals surface area (Å²) < 4.78 is 0. The largest absolute Gasteiger partial charge is 0.600 e. The van der Waals surface area contributed by atoms with Crippen LogP contribution in [0.5, 0.6) is 0 Å². The van der Waals surface area contributed by atoms with Crippen molar-refractivity contribution in [1.82, 2.24) is 0 Å².